The van der Waals surface area contributed by atoms with E-state index in [1.54, 1.807) is 24.2 Å². The monoisotopic (exact) mass is 398 g/mol. The van der Waals surface area contributed by atoms with E-state index in [0.29, 0.717) is 11.3 Å². The molecule has 0 bridgehead atoms. The molecule has 0 radical (unpaired) electrons. The highest BCUT2D eigenvalue weighted by atomic mass is 19.4. The zero-order chi connectivity index (χ0) is 20.8. The quantitative estimate of drug-likeness (QED) is 0.613. The van der Waals surface area contributed by atoms with E-state index in [-0.39, 0.29) is 6.04 Å². The Bertz CT molecular complexity index is 1110. The third-order valence-corrected chi connectivity index (χ3v) is 5.06. The molecule has 2 aliphatic rings. The number of nitrogens with zero attached hydrogens (tertiary/aromatic N) is 3. The van der Waals surface area contributed by atoms with Gasteiger partial charge in [-0.1, -0.05) is 23.3 Å². The van der Waals surface area contributed by atoms with Gasteiger partial charge in [-0.3, -0.25) is 0 Å². The van der Waals surface area contributed by atoms with Crippen LogP contribution in [0.2, 0.25) is 0 Å². The molecule has 0 amide bonds. The zero-order valence-electron chi connectivity index (χ0n) is 16.2. The van der Waals surface area contributed by atoms with Gasteiger partial charge >= 0.3 is 12.5 Å². The third kappa shape index (κ3) is 3.48. The SMILES string of the molecule is COc1ccc(C2=C(C)N=[N+]3C=NC(c4cccc(C(F)(F)F)c4)=CC23)cc1C. The van der Waals surface area contributed by atoms with Crippen LogP contribution in [0.4, 0.5) is 13.2 Å². The molecule has 0 fully saturated rings. The normalized spacial score (nSPS) is 18.5. The van der Waals surface area contributed by atoms with Crippen LogP contribution in [0.1, 0.15) is 29.2 Å². The lowest BCUT2D eigenvalue weighted by molar-refractivity contribution is -0.478. The first-order chi connectivity index (χ1) is 13.8. The molecular weight excluding hydrogens is 379 g/mol. The number of methoxy groups -OCH3 is 1. The minimum Gasteiger partial charge on any atom is -0.496 e. The fourth-order valence-electron chi connectivity index (χ4n) is 3.66. The molecule has 2 heterocycles. The molecule has 4 rings (SSSR count). The maximum Gasteiger partial charge on any atom is 0.416 e. The highest BCUT2D eigenvalue weighted by Crippen LogP contribution is 2.37. The summed E-state index contributed by atoms with van der Waals surface area (Å²) in [6.07, 6.45) is -0.983. The van der Waals surface area contributed by atoms with E-state index in [9.17, 15) is 13.2 Å². The second-order valence-corrected chi connectivity index (χ2v) is 6.98. The van der Waals surface area contributed by atoms with E-state index in [1.807, 2.05) is 38.1 Å². The molecule has 0 saturated heterocycles. The predicted molar refractivity (Wildman–Crippen MR) is 105 cm³/mol. The van der Waals surface area contributed by atoms with Crippen LogP contribution >= 0.6 is 0 Å². The average molecular weight is 398 g/mol. The van der Waals surface area contributed by atoms with Gasteiger partial charge in [0.05, 0.1) is 18.4 Å². The van der Waals surface area contributed by atoms with Crippen LogP contribution in [0.3, 0.4) is 0 Å². The zero-order valence-corrected chi connectivity index (χ0v) is 16.2. The average Bonchev–Trinajstić information content (AvgIpc) is 3.02. The van der Waals surface area contributed by atoms with Gasteiger partial charge in [0.15, 0.2) is 11.7 Å². The molecule has 148 valence electrons. The van der Waals surface area contributed by atoms with Crippen molar-refractivity contribution in [1.82, 2.24) is 0 Å². The largest absolute Gasteiger partial charge is 0.496 e. The smallest absolute Gasteiger partial charge is 0.416 e. The summed E-state index contributed by atoms with van der Waals surface area (Å²) in [5.74, 6) is 0.796. The second-order valence-electron chi connectivity index (χ2n) is 6.98. The fraction of sp³-hybridized carbons (Fsp3) is 0.227. The number of ether oxygens (including phenoxy) is 1. The van der Waals surface area contributed by atoms with E-state index in [1.165, 1.54) is 6.07 Å². The molecule has 1 unspecified atom stereocenters. The van der Waals surface area contributed by atoms with Crippen LogP contribution in [0, 0.1) is 6.92 Å². The second kappa shape index (κ2) is 6.99. The van der Waals surface area contributed by atoms with Crippen molar-refractivity contribution in [2.75, 3.05) is 7.11 Å². The fourth-order valence-corrected chi connectivity index (χ4v) is 3.66. The summed E-state index contributed by atoms with van der Waals surface area (Å²) in [5, 5.41) is 4.53. The molecule has 1 atom stereocenters. The highest BCUT2D eigenvalue weighted by molar-refractivity contribution is 5.82. The first kappa shape index (κ1) is 19.1. The van der Waals surface area contributed by atoms with E-state index >= 15 is 0 Å². The maximum absolute atomic E-state index is 13.1. The number of aryl methyl sites for hydroxylation is 1. The van der Waals surface area contributed by atoms with Gasteiger partial charge in [0.25, 0.3) is 0 Å². The Morgan fingerprint density at radius 2 is 1.83 bits per heavy atom. The summed E-state index contributed by atoms with van der Waals surface area (Å²) >= 11 is 0. The lowest BCUT2D eigenvalue weighted by Crippen LogP contribution is -2.23. The van der Waals surface area contributed by atoms with Crippen molar-refractivity contribution in [1.29, 1.82) is 0 Å². The first-order valence-electron chi connectivity index (χ1n) is 9.07. The molecule has 0 N–H and O–H groups in total. The number of halogens is 3. The van der Waals surface area contributed by atoms with Crippen molar-refractivity contribution in [3.8, 4) is 5.75 Å². The van der Waals surface area contributed by atoms with E-state index in [4.69, 9.17) is 4.74 Å². The molecule has 29 heavy (non-hydrogen) atoms. The molecular formula is C22H19F3N3O+. The minimum atomic E-state index is -4.40. The van der Waals surface area contributed by atoms with Crippen molar-refractivity contribution in [3.05, 3.63) is 76.5 Å². The molecule has 2 aromatic rings. The summed E-state index contributed by atoms with van der Waals surface area (Å²) in [6, 6.07) is 10.9. The molecule has 2 aromatic carbocycles. The number of fused-ring (bicyclic) bond motifs is 1. The summed E-state index contributed by atoms with van der Waals surface area (Å²) in [4.78, 5) is 4.33. The van der Waals surface area contributed by atoms with Gasteiger partial charge in [0.1, 0.15) is 5.75 Å². The molecule has 2 aliphatic heterocycles. The summed E-state index contributed by atoms with van der Waals surface area (Å²) in [6.45, 7) is 3.88. The van der Waals surface area contributed by atoms with Gasteiger partial charge in [0, 0.05) is 17.2 Å². The van der Waals surface area contributed by atoms with Crippen LogP contribution in [0.15, 0.2) is 64.3 Å². The van der Waals surface area contributed by atoms with E-state index < -0.39 is 11.7 Å². The Balaban J connectivity index is 1.73. The lowest BCUT2D eigenvalue weighted by atomic mass is 9.94. The third-order valence-electron chi connectivity index (χ3n) is 5.06. The summed E-state index contributed by atoms with van der Waals surface area (Å²) in [5.41, 5.74) is 4.04. The Labute approximate surface area is 166 Å². The van der Waals surface area contributed by atoms with E-state index in [0.717, 1.165) is 40.3 Å². The Hall–Kier alpha value is -3.22. The Morgan fingerprint density at radius 1 is 1.03 bits per heavy atom. The van der Waals surface area contributed by atoms with Gasteiger partial charge in [-0.2, -0.15) is 13.2 Å². The standard InChI is InChI=1S/C22H19F3N3O/c1-13-9-16(7-8-20(13)29-3)21-14(2)27-28-12-26-18(11-19(21)28)15-5-4-6-17(10-15)22(23,24)25/h4-12,19H,1-3H3/q+1. The number of hydrogen-bond acceptors (Lipinski definition) is 3. The Kier molecular flexibility index (Phi) is 4.61. The van der Waals surface area contributed by atoms with Crippen LogP contribution < -0.4 is 4.74 Å². The van der Waals surface area contributed by atoms with Gasteiger partial charge in [0.2, 0.25) is 0 Å². The molecule has 0 aliphatic carbocycles. The molecule has 0 spiro atoms. The van der Waals surface area contributed by atoms with Crippen LogP contribution in [-0.2, 0) is 6.18 Å². The Morgan fingerprint density at radius 3 is 2.52 bits per heavy atom. The predicted octanol–water partition coefficient (Wildman–Crippen LogP) is 5.68. The molecule has 0 saturated carbocycles. The number of allylic oxidation sites excluding steroid dienone is 1. The first-order valence-corrected chi connectivity index (χ1v) is 9.07. The topological polar surface area (TPSA) is 37.0 Å². The number of azo groups is 2. The van der Waals surface area contributed by atoms with Crippen molar-refractivity contribution in [2.24, 2.45) is 10.1 Å². The number of rotatable bonds is 3. The molecule has 4 nitrogen and oxygen atoms in total. The van der Waals surface area contributed by atoms with Crippen molar-refractivity contribution in [3.63, 3.8) is 0 Å². The minimum absolute atomic E-state index is 0.232. The van der Waals surface area contributed by atoms with Crippen molar-refractivity contribution >= 4 is 17.6 Å². The summed E-state index contributed by atoms with van der Waals surface area (Å²) < 4.78 is 46.3. The van der Waals surface area contributed by atoms with Crippen LogP contribution in [0.25, 0.3) is 11.3 Å². The molecule has 7 heteroatoms. The van der Waals surface area contributed by atoms with Gasteiger partial charge in [-0.15, -0.1) is 4.70 Å². The number of benzene rings is 2. The van der Waals surface area contributed by atoms with Gasteiger partial charge in [-0.25, -0.2) is 0 Å². The lowest BCUT2D eigenvalue weighted by Gasteiger charge is -2.14. The van der Waals surface area contributed by atoms with Crippen LogP contribution in [-0.4, -0.2) is 24.2 Å². The van der Waals surface area contributed by atoms with Gasteiger partial charge in [-0.05, 0) is 54.2 Å². The van der Waals surface area contributed by atoms with E-state index in [2.05, 4.69) is 10.1 Å². The highest BCUT2D eigenvalue weighted by Gasteiger charge is 2.36. The van der Waals surface area contributed by atoms with Crippen molar-refractivity contribution < 1.29 is 22.6 Å². The number of aliphatic imine (C=N–C) groups is 1. The maximum atomic E-state index is 13.1. The molecule has 0 aromatic heterocycles. The van der Waals surface area contributed by atoms with Gasteiger partial charge < -0.3 is 4.74 Å². The number of alkyl halides is 3. The van der Waals surface area contributed by atoms with Crippen molar-refractivity contribution in [2.45, 2.75) is 26.1 Å². The summed E-state index contributed by atoms with van der Waals surface area (Å²) in [7, 11) is 1.63. The van der Waals surface area contributed by atoms with Crippen LogP contribution in [0.5, 0.6) is 5.75 Å². The number of hydrogen-bond donors (Lipinski definition) is 0.